The molecule has 10 heteroatoms. The van der Waals surface area contributed by atoms with Crippen LogP contribution in [0.5, 0.6) is 0 Å². The summed E-state index contributed by atoms with van der Waals surface area (Å²) in [5, 5.41) is 24.2. The Morgan fingerprint density at radius 3 is 1.38 bits per heavy atom. The van der Waals surface area contributed by atoms with Crippen molar-refractivity contribution in [2.45, 2.75) is 25.0 Å². The van der Waals surface area contributed by atoms with Crippen LogP contribution in [0.3, 0.4) is 0 Å². The molecule has 2 aliphatic heterocycles. The van der Waals surface area contributed by atoms with E-state index in [1.807, 2.05) is 0 Å². The number of hydrogen-bond donors (Lipinski definition) is 4. The van der Waals surface area contributed by atoms with Gasteiger partial charge in [0.05, 0.1) is 38.3 Å². The Labute approximate surface area is 154 Å². The smallest absolute Gasteiger partial charge is 0.310 e. The number of carbonyl (C=O) groups is 2. The molecule has 4 atom stereocenters. The molecule has 24 heavy (non-hydrogen) atoms. The van der Waals surface area contributed by atoms with Gasteiger partial charge in [0.1, 0.15) is 0 Å². The lowest BCUT2D eigenvalue weighted by Gasteiger charge is -2.24. The van der Waals surface area contributed by atoms with Gasteiger partial charge in [0, 0.05) is 26.2 Å². The summed E-state index contributed by atoms with van der Waals surface area (Å²) in [5.74, 6) is -0.833. The van der Waals surface area contributed by atoms with E-state index in [9.17, 15) is 9.59 Å². The first kappa shape index (κ1) is 25.6. The largest absolute Gasteiger partial charge is 0.469 e. The number of piperidine rings is 2. The lowest BCUT2D eigenvalue weighted by molar-refractivity contribution is -0.148. The highest BCUT2D eigenvalue weighted by molar-refractivity contribution is 5.85. The number of methoxy groups -OCH3 is 2. The molecule has 2 heterocycles. The predicted molar refractivity (Wildman–Crippen MR) is 92.5 cm³/mol. The number of carbonyl (C=O) groups excluding carboxylic acids is 2. The van der Waals surface area contributed by atoms with Gasteiger partial charge in [0.15, 0.2) is 0 Å². The highest BCUT2D eigenvalue weighted by Crippen LogP contribution is 2.12. The molecule has 0 bridgehead atoms. The lowest BCUT2D eigenvalue weighted by Crippen LogP contribution is -2.42. The van der Waals surface area contributed by atoms with E-state index in [1.54, 1.807) is 0 Å². The maximum Gasteiger partial charge on any atom is 0.310 e. The number of aliphatic hydroxyl groups is 2. The van der Waals surface area contributed by atoms with Gasteiger partial charge in [-0.3, -0.25) is 9.59 Å². The van der Waals surface area contributed by atoms with Gasteiger partial charge in [-0.15, -0.1) is 24.8 Å². The normalized spacial score (nSPS) is 28.8. The van der Waals surface area contributed by atoms with E-state index < -0.39 is 12.2 Å². The molecule has 0 aromatic carbocycles. The van der Waals surface area contributed by atoms with Gasteiger partial charge in [-0.25, -0.2) is 0 Å². The van der Waals surface area contributed by atoms with Crippen molar-refractivity contribution in [3.05, 3.63) is 0 Å². The molecule has 144 valence electrons. The Bertz CT molecular complexity index is 341. The Hall–Kier alpha value is -0.640. The average Bonchev–Trinajstić information content (AvgIpc) is 2.54. The zero-order valence-electron chi connectivity index (χ0n) is 13.9. The van der Waals surface area contributed by atoms with E-state index in [1.165, 1.54) is 14.2 Å². The highest BCUT2D eigenvalue weighted by Gasteiger charge is 2.26. The minimum Gasteiger partial charge on any atom is -0.469 e. The van der Waals surface area contributed by atoms with Gasteiger partial charge in [-0.1, -0.05) is 0 Å². The molecule has 0 saturated carbocycles. The van der Waals surface area contributed by atoms with E-state index >= 15 is 0 Å². The van der Waals surface area contributed by atoms with Gasteiger partial charge in [0.2, 0.25) is 0 Å². The predicted octanol–water partition coefficient (Wildman–Crippen LogP) is -0.897. The third-order valence-corrected chi connectivity index (χ3v) is 3.72. The number of β-amino-alcohol motifs (C(OH)–C–C–N with tert-alkyl or cyclic N) is 2. The topological polar surface area (TPSA) is 117 Å². The van der Waals surface area contributed by atoms with Gasteiger partial charge in [-0.05, 0) is 12.8 Å². The fraction of sp³-hybridized carbons (Fsp3) is 0.857. The third kappa shape index (κ3) is 9.00. The molecule has 8 nitrogen and oxygen atoms in total. The van der Waals surface area contributed by atoms with Gasteiger partial charge < -0.3 is 30.3 Å². The van der Waals surface area contributed by atoms with Crippen molar-refractivity contribution in [2.24, 2.45) is 11.8 Å². The number of halogens is 2. The summed E-state index contributed by atoms with van der Waals surface area (Å²) in [6.07, 6.45) is 0.208. The maximum absolute atomic E-state index is 10.9. The second-order valence-electron chi connectivity index (χ2n) is 5.54. The zero-order chi connectivity index (χ0) is 16.5. The van der Waals surface area contributed by atoms with E-state index in [0.717, 1.165) is 0 Å². The van der Waals surface area contributed by atoms with Crippen LogP contribution in [0, 0.1) is 11.8 Å². The van der Waals surface area contributed by atoms with E-state index in [2.05, 4.69) is 20.1 Å². The van der Waals surface area contributed by atoms with Crippen molar-refractivity contribution in [1.82, 2.24) is 10.6 Å². The fourth-order valence-corrected chi connectivity index (χ4v) is 2.53. The van der Waals surface area contributed by atoms with Crippen LogP contribution in [0.4, 0.5) is 0 Å². The monoisotopic (exact) mass is 390 g/mol. The molecule has 2 fully saturated rings. The second-order valence-corrected chi connectivity index (χ2v) is 5.54. The SMILES string of the molecule is COC(=O)[C@@H]1CNC[C@@H](O)C1.COC(=O)[C@H]1CNC[C@H](O)C1.Cl.Cl. The number of nitrogens with one attached hydrogen (secondary N) is 2. The summed E-state index contributed by atoms with van der Waals surface area (Å²) in [5.41, 5.74) is 0. The summed E-state index contributed by atoms with van der Waals surface area (Å²) in [6, 6.07) is 0. The molecular weight excluding hydrogens is 363 g/mol. The minimum absolute atomic E-state index is 0. The Balaban J connectivity index is 0. The number of rotatable bonds is 2. The number of ether oxygens (including phenoxy) is 2. The molecule has 2 saturated heterocycles. The van der Waals surface area contributed by atoms with Crippen LogP contribution >= 0.6 is 24.8 Å². The summed E-state index contributed by atoms with van der Waals surface area (Å²) in [6.45, 7) is 2.38. The Kier molecular flexibility index (Phi) is 14.5. The van der Waals surface area contributed by atoms with Crippen molar-refractivity contribution in [2.75, 3.05) is 40.4 Å². The molecule has 0 unspecified atom stereocenters. The first-order valence-corrected chi connectivity index (χ1v) is 7.41. The van der Waals surface area contributed by atoms with E-state index in [0.29, 0.717) is 39.0 Å². The molecule has 0 spiro atoms. The van der Waals surface area contributed by atoms with Gasteiger partial charge >= 0.3 is 11.9 Å². The molecule has 2 rings (SSSR count). The zero-order valence-corrected chi connectivity index (χ0v) is 15.5. The molecular formula is C14H28Cl2N2O6. The highest BCUT2D eigenvalue weighted by atomic mass is 35.5. The summed E-state index contributed by atoms with van der Waals surface area (Å²) >= 11 is 0. The van der Waals surface area contributed by atoms with Crippen LogP contribution in [-0.4, -0.2) is 74.8 Å². The summed E-state index contributed by atoms with van der Waals surface area (Å²) in [4.78, 5) is 21.9. The molecule has 4 N–H and O–H groups in total. The molecule has 0 aromatic heterocycles. The van der Waals surface area contributed by atoms with Crippen LogP contribution in [0.15, 0.2) is 0 Å². The van der Waals surface area contributed by atoms with Crippen LogP contribution < -0.4 is 10.6 Å². The lowest BCUT2D eigenvalue weighted by atomic mass is 9.98. The van der Waals surface area contributed by atoms with Crippen molar-refractivity contribution < 1.29 is 29.3 Å². The van der Waals surface area contributed by atoms with Gasteiger partial charge in [-0.2, -0.15) is 0 Å². The Morgan fingerprint density at radius 1 is 0.792 bits per heavy atom. The molecule has 0 radical (unpaired) electrons. The standard InChI is InChI=1S/2C7H13NO3.2ClH/c2*1-11-7(10)5-2-6(9)4-8-3-5;;/h2*5-6,8-9H,2-4H2,1H3;2*1H/t2*5-,6-;;/m10../s1. The van der Waals surface area contributed by atoms with Gasteiger partial charge in [0.25, 0.3) is 0 Å². The van der Waals surface area contributed by atoms with Crippen LogP contribution in [0.1, 0.15) is 12.8 Å². The van der Waals surface area contributed by atoms with E-state index in [-0.39, 0.29) is 48.6 Å². The van der Waals surface area contributed by atoms with E-state index in [4.69, 9.17) is 10.2 Å². The minimum atomic E-state index is -0.409. The number of hydrogen-bond acceptors (Lipinski definition) is 8. The molecule has 0 aromatic rings. The fourth-order valence-electron chi connectivity index (χ4n) is 2.53. The molecule has 0 aliphatic carbocycles. The molecule has 2 aliphatic rings. The quantitative estimate of drug-likeness (QED) is 0.448. The van der Waals surface area contributed by atoms with Crippen molar-refractivity contribution in [1.29, 1.82) is 0 Å². The second kappa shape index (κ2) is 13.6. The first-order valence-electron chi connectivity index (χ1n) is 7.41. The Morgan fingerprint density at radius 2 is 1.12 bits per heavy atom. The third-order valence-electron chi connectivity index (χ3n) is 3.72. The van der Waals surface area contributed by atoms with Crippen LogP contribution in [0.2, 0.25) is 0 Å². The van der Waals surface area contributed by atoms with Crippen molar-refractivity contribution in [3.8, 4) is 0 Å². The summed E-state index contributed by atoms with van der Waals surface area (Å²) < 4.78 is 9.10. The van der Waals surface area contributed by atoms with Crippen molar-refractivity contribution in [3.63, 3.8) is 0 Å². The van der Waals surface area contributed by atoms with Crippen LogP contribution in [-0.2, 0) is 19.1 Å². The molecule has 0 amide bonds. The summed E-state index contributed by atoms with van der Waals surface area (Å²) in [7, 11) is 2.73. The average molecular weight is 391 g/mol. The first-order chi connectivity index (χ1) is 10.5. The maximum atomic E-state index is 10.9. The number of aliphatic hydroxyl groups excluding tert-OH is 2. The van der Waals surface area contributed by atoms with Crippen molar-refractivity contribution >= 4 is 36.8 Å². The van der Waals surface area contributed by atoms with Crippen LogP contribution in [0.25, 0.3) is 0 Å². The number of esters is 2.